The summed E-state index contributed by atoms with van der Waals surface area (Å²) in [6.45, 7) is 9.73. The van der Waals surface area contributed by atoms with Gasteiger partial charge in [0.2, 0.25) is 0 Å². The Kier molecular flexibility index (Phi) is 1.35. The van der Waals surface area contributed by atoms with E-state index in [9.17, 15) is 0 Å². The molecule has 54 valence electrons. The van der Waals surface area contributed by atoms with Crippen LogP contribution in [0.1, 0.15) is 34.1 Å². The van der Waals surface area contributed by atoms with Crippen LogP contribution in [-0.4, -0.2) is 12.2 Å². The van der Waals surface area contributed by atoms with Crippen molar-refractivity contribution in [1.82, 2.24) is 0 Å². The van der Waals surface area contributed by atoms with Crippen molar-refractivity contribution >= 4 is 0 Å². The highest BCUT2D eigenvalue weighted by Gasteiger charge is 2.37. The van der Waals surface area contributed by atoms with E-state index in [1.54, 1.807) is 0 Å². The van der Waals surface area contributed by atoms with E-state index in [0.717, 1.165) is 6.61 Å². The van der Waals surface area contributed by atoms with E-state index < -0.39 is 0 Å². The van der Waals surface area contributed by atoms with Gasteiger partial charge in [0.05, 0.1) is 12.2 Å². The largest absolute Gasteiger partial charge is 0.375 e. The van der Waals surface area contributed by atoms with Crippen LogP contribution >= 0.6 is 0 Å². The van der Waals surface area contributed by atoms with Crippen LogP contribution in [0.4, 0.5) is 0 Å². The average Bonchev–Trinajstić information content (AvgIpc) is 1.78. The molecule has 0 saturated carbocycles. The van der Waals surface area contributed by atoms with E-state index in [-0.39, 0.29) is 5.60 Å². The molecule has 1 aliphatic rings. The molecular formula is C8H16O. The topological polar surface area (TPSA) is 9.23 Å². The first-order valence-electron chi connectivity index (χ1n) is 3.55. The predicted molar refractivity (Wildman–Crippen MR) is 38.4 cm³/mol. The van der Waals surface area contributed by atoms with Crippen LogP contribution in [0, 0.1) is 5.41 Å². The monoisotopic (exact) mass is 128 g/mol. The first-order valence-corrected chi connectivity index (χ1v) is 3.55. The Balaban J connectivity index is 2.58. The number of rotatable bonds is 0. The second-order valence-corrected chi connectivity index (χ2v) is 4.39. The summed E-state index contributed by atoms with van der Waals surface area (Å²) in [5.74, 6) is 0. The molecule has 0 unspecified atom stereocenters. The minimum Gasteiger partial charge on any atom is -0.375 e. The Labute approximate surface area is 57.4 Å². The average molecular weight is 128 g/mol. The van der Waals surface area contributed by atoms with Crippen LogP contribution in [0.3, 0.4) is 0 Å². The van der Waals surface area contributed by atoms with Gasteiger partial charge in [-0.1, -0.05) is 13.8 Å². The van der Waals surface area contributed by atoms with Crippen molar-refractivity contribution in [3.63, 3.8) is 0 Å². The van der Waals surface area contributed by atoms with E-state index in [4.69, 9.17) is 4.74 Å². The van der Waals surface area contributed by atoms with Gasteiger partial charge in [0.15, 0.2) is 0 Å². The summed E-state index contributed by atoms with van der Waals surface area (Å²) in [6.07, 6.45) is 1.18. The highest BCUT2D eigenvalue weighted by atomic mass is 16.5. The van der Waals surface area contributed by atoms with Crippen molar-refractivity contribution in [2.75, 3.05) is 6.61 Å². The second-order valence-electron chi connectivity index (χ2n) is 4.39. The molecule has 0 atom stereocenters. The molecule has 1 heterocycles. The summed E-state index contributed by atoms with van der Waals surface area (Å²) < 4.78 is 5.56. The number of hydrogen-bond acceptors (Lipinski definition) is 1. The molecule has 1 saturated heterocycles. The Morgan fingerprint density at radius 2 is 1.67 bits per heavy atom. The molecule has 0 aromatic heterocycles. The first-order chi connectivity index (χ1) is 3.91. The molecule has 0 aromatic carbocycles. The third-order valence-corrected chi connectivity index (χ3v) is 1.76. The molecule has 1 rings (SSSR count). The van der Waals surface area contributed by atoms with Crippen molar-refractivity contribution in [3.8, 4) is 0 Å². The lowest BCUT2D eigenvalue weighted by molar-refractivity contribution is 0.0326. The summed E-state index contributed by atoms with van der Waals surface area (Å²) >= 11 is 0. The SMILES string of the molecule is CC1(C)COC(C)(C)C1. The summed E-state index contributed by atoms with van der Waals surface area (Å²) in [7, 11) is 0. The maximum atomic E-state index is 5.56. The molecule has 0 radical (unpaired) electrons. The molecule has 0 aromatic rings. The minimum absolute atomic E-state index is 0.128. The molecule has 1 heteroatoms. The summed E-state index contributed by atoms with van der Waals surface area (Å²) in [5.41, 5.74) is 0.535. The third kappa shape index (κ3) is 1.68. The molecule has 0 spiro atoms. The zero-order valence-electron chi connectivity index (χ0n) is 6.82. The van der Waals surface area contributed by atoms with Gasteiger partial charge in [-0.05, 0) is 25.7 Å². The molecule has 0 bridgehead atoms. The van der Waals surface area contributed by atoms with Gasteiger partial charge in [0.1, 0.15) is 0 Å². The molecular weight excluding hydrogens is 112 g/mol. The standard InChI is InChI=1S/C8H16O/c1-7(2)5-8(3,4)9-6-7/h5-6H2,1-4H3. The molecule has 9 heavy (non-hydrogen) atoms. The lowest BCUT2D eigenvalue weighted by Crippen LogP contribution is -2.18. The van der Waals surface area contributed by atoms with Gasteiger partial charge in [-0.15, -0.1) is 0 Å². The fourth-order valence-electron chi connectivity index (χ4n) is 1.65. The quantitative estimate of drug-likeness (QED) is 0.486. The molecule has 1 aliphatic heterocycles. The van der Waals surface area contributed by atoms with Crippen LogP contribution in [0.25, 0.3) is 0 Å². The van der Waals surface area contributed by atoms with Crippen LogP contribution in [0.15, 0.2) is 0 Å². The third-order valence-electron chi connectivity index (χ3n) is 1.76. The van der Waals surface area contributed by atoms with E-state index >= 15 is 0 Å². The van der Waals surface area contributed by atoms with Crippen LogP contribution in [0.2, 0.25) is 0 Å². The van der Waals surface area contributed by atoms with Crippen molar-refractivity contribution in [2.45, 2.75) is 39.7 Å². The van der Waals surface area contributed by atoms with Gasteiger partial charge in [0, 0.05) is 0 Å². The van der Waals surface area contributed by atoms with Crippen molar-refractivity contribution in [2.24, 2.45) is 5.41 Å². The van der Waals surface area contributed by atoms with Crippen molar-refractivity contribution in [1.29, 1.82) is 0 Å². The lowest BCUT2D eigenvalue weighted by Gasteiger charge is -2.18. The van der Waals surface area contributed by atoms with Crippen molar-refractivity contribution in [3.05, 3.63) is 0 Å². The van der Waals surface area contributed by atoms with Crippen LogP contribution in [0.5, 0.6) is 0 Å². The van der Waals surface area contributed by atoms with E-state index in [1.807, 2.05) is 0 Å². The maximum absolute atomic E-state index is 5.56. The van der Waals surface area contributed by atoms with Crippen molar-refractivity contribution < 1.29 is 4.74 Å². The normalized spacial score (nSPS) is 30.7. The van der Waals surface area contributed by atoms with E-state index in [0.29, 0.717) is 5.41 Å². The van der Waals surface area contributed by atoms with Gasteiger partial charge in [-0.2, -0.15) is 0 Å². The predicted octanol–water partition coefficient (Wildman–Crippen LogP) is 2.21. The second kappa shape index (κ2) is 1.72. The summed E-state index contributed by atoms with van der Waals surface area (Å²) in [5, 5.41) is 0. The van der Waals surface area contributed by atoms with Gasteiger partial charge in [0.25, 0.3) is 0 Å². The van der Waals surface area contributed by atoms with E-state index in [1.165, 1.54) is 6.42 Å². The van der Waals surface area contributed by atoms with Crippen LogP contribution in [-0.2, 0) is 4.74 Å². The summed E-state index contributed by atoms with van der Waals surface area (Å²) in [4.78, 5) is 0. The smallest absolute Gasteiger partial charge is 0.0632 e. The Bertz CT molecular complexity index is 99.7. The zero-order chi connectivity index (χ0) is 7.12. The van der Waals surface area contributed by atoms with E-state index in [2.05, 4.69) is 27.7 Å². The zero-order valence-corrected chi connectivity index (χ0v) is 6.82. The Hall–Kier alpha value is -0.0400. The minimum atomic E-state index is 0.128. The number of ether oxygens (including phenoxy) is 1. The molecule has 0 aliphatic carbocycles. The lowest BCUT2D eigenvalue weighted by atomic mass is 9.86. The molecule has 0 N–H and O–H groups in total. The highest BCUT2D eigenvalue weighted by Crippen LogP contribution is 2.37. The summed E-state index contributed by atoms with van der Waals surface area (Å²) in [6, 6.07) is 0. The first kappa shape index (κ1) is 7.07. The van der Waals surface area contributed by atoms with Gasteiger partial charge in [-0.25, -0.2) is 0 Å². The Morgan fingerprint density at radius 1 is 1.11 bits per heavy atom. The highest BCUT2D eigenvalue weighted by molar-refractivity contribution is 4.86. The molecule has 1 nitrogen and oxygen atoms in total. The van der Waals surface area contributed by atoms with Gasteiger partial charge in [-0.3, -0.25) is 0 Å². The maximum Gasteiger partial charge on any atom is 0.0632 e. The van der Waals surface area contributed by atoms with Gasteiger partial charge >= 0.3 is 0 Å². The number of hydrogen-bond donors (Lipinski definition) is 0. The molecule has 0 amide bonds. The van der Waals surface area contributed by atoms with Gasteiger partial charge < -0.3 is 4.74 Å². The fraction of sp³-hybridized carbons (Fsp3) is 1.00. The van der Waals surface area contributed by atoms with Crippen LogP contribution < -0.4 is 0 Å². The Morgan fingerprint density at radius 3 is 1.78 bits per heavy atom. The molecule has 1 fully saturated rings. The fourth-order valence-corrected chi connectivity index (χ4v) is 1.65.